The molecule has 6 aromatic rings. The highest BCUT2D eigenvalue weighted by Crippen LogP contribution is 2.33. The SMILES string of the molecule is CCn1nc(C)cc1C(=O)Nc1nc2cc(C(N)=O)cc(OC)c2n1C/C=C/Cn1c(NC(=O)c2cc(C)nn2CC)nc2cc(C(N)=O)cc(OC/C=C/CN=C/C(N)=C(\N)C(=O)O)c21. The summed E-state index contributed by atoms with van der Waals surface area (Å²) in [5, 5.41) is 23.6. The molecule has 2 aromatic carbocycles. The first-order valence-electron chi connectivity index (χ1n) is 20.4. The summed E-state index contributed by atoms with van der Waals surface area (Å²) in [5.74, 6) is -3.05. The molecule has 0 aliphatic carbocycles. The monoisotopic (exact) mass is 903 g/mol. The van der Waals surface area contributed by atoms with Gasteiger partial charge in [-0.2, -0.15) is 10.2 Å². The average molecular weight is 904 g/mol. The number of methoxy groups -OCH3 is 1. The number of aromatic nitrogens is 8. The standard InChI is InChI=1S/C43H49N15O8/c1-6-57-30(16-23(3)53-57)39(61)51-42-49-28-18-25(37(46)59)20-32(65-5)35(28)55(42)13-9-10-14-56-36-29(50-43(56)52-40(62)31-17-24(4)54-58(31)7-2)19-26(38(47)60)21-33(36)66-15-11-8-12-48-22-27(44)34(45)41(63)64/h8-11,16-22H,6-7,12-15,44-45H2,1-5H3,(H2,46,59)(H2,47,60)(H,63,64)(H,49,51,61)(H,50,52,62)/b10-9+,11-8+,34-27+,48-22?. The number of imidazole rings is 2. The Kier molecular flexibility index (Phi) is 14.3. The Hall–Kier alpha value is -8.76. The first-order chi connectivity index (χ1) is 31.5. The van der Waals surface area contributed by atoms with Gasteiger partial charge in [0.1, 0.15) is 46.2 Å². The molecule has 23 nitrogen and oxygen atoms in total. The van der Waals surface area contributed by atoms with Crippen molar-refractivity contribution in [2.24, 2.45) is 27.9 Å². The number of aliphatic carboxylic acids is 1. The number of nitrogens with two attached hydrogens (primary N) is 4. The van der Waals surface area contributed by atoms with E-state index in [1.807, 2.05) is 13.8 Å². The van der Waals surface area contributed by atoms with Crippen LogP contribution in [0.3, 0.4) is 0 Å². The van der Waals surface area contributed by atoms with Crippen LogP contribution < -0.4 is 43.0 Å². The van der Waals surface area contributed by atoms with Crippen LogP contribution in [0.25, 0.3) is 22.1 Å². The van der Waals surface area contributed by atoms with E-state index in [1.165, 1.54) is 31.4 Å². The van der Waals surface area contributed by atoms with Crippen molar-refractivity contribution in [1.82, 2.24) is 38.7 Å². The van der Waals surface area contributed by atoms with Gasteiger partial charge in [0, 0.05) is 43.5 Å². The van der Waals surface area contributed by atoms with E-state index in [-0.39, 0.29) is 72.0 Å². The predicted octanol–water partition coefficient (Wildman–Crippen LogP) is 2.62. The lowest BCUT2D eigenvalue weighted by Gasteiger charge is -2.13. The van der Waals surface area contributed by atoms with E-state index >= 15 is 0 Å². The molecule has 344 valence electrons. The molecule has 4 heterocycles. The minimum absolute atomic E-state index is 0.0206. The number of aliphatic imine (C=N–C) groups is 1. The Morgan fingerprint density at radius 1 is 0.712 bits per heavy atom. The molecule has 0 aliphatic heterocycles. The van der Waals surface area contributed by atoms with E-state index in [4.69, 9.17) is 42.5 Å². The van der Waals surface area contributed by atoms with E-state index in [2.05, 4.69) is 30.8 Å². The lowest BCUT2D eigenvalue weighted by Crippen LogP contribution is -2.20. The van der Waals surface area contributed by atoms with Gasteiger partial charge in [-0.3, -0.25) is 44.2 Å². The lowest BCUT2D eigenvalue weighted by molar-refractivity contribution is -0.132. The lowest BCUT2D eigenvalue weighted by atomic mass is 10.1. The summed E-state index contributed by atoms with van der Waals surface area (Å²) in [6.07, 6.45) is 7.99. The second kappa shape index (κ2) is 20.2. The minimum Gasteiger partial charge on any atom is -0.494 e. The normalized spacial score (nSPS) is 12.1. The molecule has 66 heavy (non-hydrogen) atoms. The number of allylic oxidation sites excluding steroid dienone is 3. The zero-order valence-corrected chi connectivity index (χ0v) is 36.7. The maximum Gasteiger partial charge on any atom is 0.353 e. The molecule has 0 radical (unpaired) electrons. The number of benzene rings is 2. The topological polar surface area (TPSA) is 336 Å². The molecule has 0 unspecified atom stereocenters. The first-order valence-corrected chi connectivity index (χ1v) is 20.4. The molecule has 23 heteroatoms. The minimum atomic E-state index is -1.37. The zero-order chi connectivity index (χ0) is 47.8. The van der Waals surface area contributed by atoms with Crippen LogP contribution in [-0.2, 0) is 31.0 Å². The third-order valence-corrected chi connectivity index (χ3v) is 9.95. The number of aryl methyl sites for hydroxylation is 4. The number of amides is 4. The number of hydrogen-bond donors (Lipinski definition) is 7. The number of carbonyl (C=O) groups excluding carboxylic acids is 4. The summed E-state index contributed by atoms with van der Waals surface area (Å²) >= 11 is 0. The van der Waals surface area contributed by atoms with Crippen molar-refractivity contribution in [3.8, 4) is 11.5 Å². The van der Waals surface area contributed by atoms with Crippen molar-refractivity contribution >= 4 is 69.8 Å². The highest BCUT2D eigenvalue weighted by Gasteiger charge is 2.24. The fraction of sp³-hybridized carbons (Fsp3) is 0.256. The van der Waals surface area contributed by atoms with Gasteiger partial charge < -0.3 is 46.6 Å². The number of carboxylic acid groups (broad SMARTS) is 1. The molecule has 4 amide bonds. The van der Waals surface area contributed by atoms with Gasteiger partial charge >= 0.3 is 5.97 Å². The molecule has 0 saturated heterocycles. The number of carbonyl (C=O) groups is 5. The second-order valence-corrected chi connectivity index (χ2v) is 14.5. The van der Waals surface area contributed by atoms with Gasteiger partial charge in [0.25, 0.3) is 11.8 Å². The summed E-state index contributed by atoms with van der Waals surface area (Å²) < 4.78 is 18.4. The van der Waals surface area contributed by atoms with Gasteiger partial charge in [0.15, 0.2) is 0 Å². The van der Waals surface area contributed by atoms with Crippen LogP contribution in [0, 0.1) is 13.8 Å². The van der Waals surface area contributed by atoms with Crippen molar-refractivity contribution < 1.29 is 38.6 Å². The third kappa shape index (κ3) is 10.2. The van der Waals surface area contributed by atoms with Gasteiger partial charge in [-0.1, -0.05) is 18.2 Å². The molecule has 0 aliphatic rings. The Balaban J connectivity index is 1.38. The Labute approximate surface area is 376 Å². The van der Waals surface area contributed by atoms with Crippen LogP contribution in [-0.4, -0.2) is 99.8 Å². The Morgan fingerprint density at radius 3 is 1.65 bits per heavy atom. The third-order valence-electron chi connectivity index (χ3n) is 9.95. The smallest absolute Gasteiger partial charge is 0.353 e. The summed E-state index contributed by atoms with van der Waals surface area (Å²) in [5.41, 5.74) is 25.3. The quantitative estimate of drug-likeness (QED) is 0.0329. The predicted molar refractivity (Wildman–Crippen MR) is 244 cm³/mol. The van der Waals surface area contributed by atoms with Crippen molar-refractivity contribution in [1.29, 1.82) is 0 Å². The van der Waals surface area contributed by atoms with Gasteiger partial charge in [-0.15, -0.1) is 0 Å². The average Bonchev–Trinajstić information content (AvgIpc) is 4.05. The van der Waals surface area contributed by atoms with Gasteiger partial charge in [-0.25, -0.2) is 14.8 Å². The molecular formula is C43H49N15O8. The first kappa shape index (κ1) is 46.7. The number of anilines is 2. The van der Waals surface area contributed by atoms with Crippen molar-refractivity contribution in [3.05, 3.63) is 106 Å². The highest BCUT2D eigenvalue weighted by atomic mass is 16.5. The van der Waals surface area contributed by atoms with Gasteiger partial charge in [-0.05, 0) is 70.2 Å². The summed E-state index contributed by atoms with van der Waals surface area (Å²) in [6, 6.07) is 9.25. The fourth-order valence-corrected chi connectivity index (χ4v) is 6.87. The molecule has 0 saturated carbocycles. The van der Waals surface area contributed by atoms with Crippen LogP contribution in [0.2, 0.25) is 0 Å². The summed E-state index contributed by atoms with van der Waals surface area (Å²) in [7, 11) is 1.44. The Morgan fingerprint density at radius 2 is 1.20 bits per heavy atom. The molecule has 0 bridgehead atoms. The zero-order valence-electron chi connectivity index (χ0n) is 36.7. The molecule has 0 spiro atoms. The number of ether oxygens (including phenoxy) is 2. The van der Waals surface area contributed by atoms with E-state index in [0.29, 0.717) is 52.4 Å². The van der Waals surface area contributed by atoms with Crippen molar-refractivity contribution in [3.63, 3.8) is 0 Å². The van der Waals surface area contributed by atoms with Gasteiger partial charge in [0.2, 0.25) is 23.7 Å². The van der Waals surface area contributed by atoms with E-state index in [0.717, 1.165) is 6.21 Å². The molecular weight excluding hydrogens is 855 g/mol. The van der Waals surface area contributed by atoms with E-state index in [9.17, 15) is 24.0 Å². The number of nitrogens with zero attached hydrogens (tertiary/aromatic N) is 9. The largest absolute Gasteiger partial charge is 0.494 e. The Bertz CT molecular complexity index is 3000. The molecule has 4 aromatic heterocycles. The number of fused-ring (bicyclic) bond motifs is 2. The molecule has 6 rings (SSSR count). The number of hydrogen-bond acceptors (Lipinski definition) is 14. The molecule has 0 atom stereocenters. The maximum absolute atomic E-state index is 13.8. The number of nitrogens with one attached hydrogen (secondary N) is 2. The van der Waals surface area contributed by atoms with Crippen LogP contribution >= 0.6 is 0 Å². The molecule has 11 N–H and O–H groups in total. The summed E-state index contributed by atoms with van der Waals surface area (Å²) in [6.45, 7) is 8.43. The summed E-state index contributed by atoms with van der Waals surface area (Å²) in [4.78, 5) is 76.7. The van der Waals surface area contributed by atoms with Crippen LogP contribution in [0.1, 0.15) is 66.9 Å². The highest BCUT2D eigenvalue weighted by molar-refractivity contribution is 6.05. The second-order valence-electron chi connectivity index (χ2n) is 14.5. The van der Waals surface area contributed by atoms with Gasteiger partial charge in [0.05, 0.1) is 41.8 Å². The van der Waals surface area contributed by atoms with Crippen LogP contribution in [0.5, 0.6) is 11.5 Å². The van der Waals surface area contributed by atoms with Crippen LogP contribution in [0.15, 0.2) is 77.1 Å². The van der Waals surface area contributed by atoms with Crippen LogP contribution in [0.4, 0.5) is 11.9 Å². The number of primary amides is 2. The fourth-order valence-electron chi connectivity index (χ4n) is 6.87. The van der Waals surface area contributed by atoms with Crippen molar-refractivity contribution in [2.45, 2.75) is 53.9 Å². The molecule has 0 fully saturated rings. The number of carboxylic acids is 1. The van der Waals surface area contributed by atoms with E-state index < -0.39 is 35.3 Å². The number of rotatable bonds is 20. The van der Waals surface area contributed by atoms with Crippen molar-refractivity contribution in [2.75, 3.05) is 30.9 Å². The maximum atomic E-state index is 13.8. The van der Waals surface area contributed by atoms with E-state index in [1.54, 1.807) is 68.8 Å².